The second kappa shape index (κ2) is 11.0. The maximum atomic E-state index is 12.9. The summed E-state index contributed by atoms with van der Waals surface area (Å²) in [6.07, 6.45) is 7.96. The summed E-state index contributed by atoms with van der Waals surface area (Å²) in [6.45, 7) is 2.30. The molecule has 0 saturated heterocycles. The van der Waals surface area contributed by atoms with Gasteiger partial charge in [-0.1, -0.05) is 30.9 Å². The number of hydrogen-bond acceptors (Lipinski definition) is 4. The van der Waals surface area contributed by atoms with E-state index < -0.39 is 5.60 Å². The minimum atomic E-state index is -0.837. The predicted molar refractivity (Wildman–Crippen MR) is 117 cm³/mol. The summed E-state index contributed by atoms with van der Waals surface area (Å²) in [6, 6.07) is 5.07. The van der Waals surface area contributed by atoms with Crippen LogP contribution in [-0.4, -0.2) is 53.7 Å². The van der Waals surface area contributed by atoms with Crippen molar-refractivity contribution in [1.29, 1.82) is 0 Å². The first kappa shape index (κ1) is 22.9. The van der Waals surface area contributed by atoms with Gasteiger partial charge >= 0.3 is 0 Å². The Balaban J connectivity index is 1.60. The average Bonchev–Trinajstić information content (AvgIpc) is 2.72. The summed E-state index contributed by atoms with van der Waals surface area (Å²) in [5.74, 6) is 0.370. The lowest BCUT2D eigenvalue weighted by Crippen LogP contribution is -2.41. The van der Waals surface area contributed by atoms with Gasteiger partial charge in [0.05, 0.1) is 24.2 Å². The number of halogens is 1. The van der Waals surface area contributed by atoms with Crippen molar-refractivity contribution in [2.24, 2.45) is 0 Å². The molecule has 1 aromatic carbocycles. The Labute approximate surface area is 183 Å². The molecule has 6 nitrogen and oxygen atoms in total. The van der Waals surface area contributed by atoms with Crippen LogP contribution in [0.2, 0.25) is 5.02 Å². The second-order valence-corrected chi connectivity index (χ2v) is 8.94. The van der Waals surface area contributed by atoms with Crippen molar-refractivity contribution in [2.75, 3.05) is 26.2 Å². The van der Waals surface area contributed by atoms with Crippen LogP contribution in [-0.2, 0) is 4.79 Å². The van der Waals surface area contributed by atoms with Gasteiger partial charge in [-0.25, -0.2) is 0 Å². The van der Waals surface area contributed by atoms with Gasteiger partial charge in [0.25, 0.3) is 5.91 Å². The van der Waals surface area contributed by atoms with Crippen LogP contribution in [0.4, 0.5) is 0 Å². The highest BCUT2D eigenvalue weighted by Gasteiger charge is 2.33. The lowest BCUT2D eigenvalue weighted by Gasteiger charge is -2.34. The Morgan fingerprint density at radius 3 is 2.60 bits per heavy atom. The molecule has 7 heteroatoms. The largest absolute Gasteiger partial charge is 0.493 e. The quantitative estimate of drug-likeness (QED) is 0.736. The van der Waals surface area contributed by atoms with Gasteiger partial charge in [0.15, 0.2) is 0 Å². The van der Waals surface area contributed by atoms with Gasteiger partial charge in [-0.05, 0) is 56.7 Å². The number of amides is 2. The van der Waals surface area contributed by atoms with Gasteiger partial charge in [0.2, 0.25) is 5.91 Å². The van der Waals surface area contributed by atoms with E-state index >= 15 is 0 Å². The van der Waals surface area contributed by atoms with Crippen LogP contribution in [0.15, 0.2) is 18.2 Å². The Bertz CT molecular complexity index is 734. The molecule has 1 fully saturated rings. The Kier molecular flexibility index (Phi) is 8.40. The fraction of sp³-hybridized carbons (Fsp3) is 0.652. The molecule has 30 heavy (non-hydrogen) atoms. The second-order valence-electron chi connectivity index (χ2n) is 8.50. The molecule has 0 spiro atoms. The van der Waals surface area contributed by atoms with Crippen LogP contribution in [0.1, 0.15) is 74.6 Å². The number of carbonyl (C=O) groups excluding carboxylic acids is 2. The van der Waals surface area contributed by atoms with E-state index in [1.165, 1.54) is 0 Å². The number of benzene rings is 1. The molecule has 0 bridgehead atoms. The summed E-state index contributed by atoms with van der Waals surface area (Å²) < 4.78 is 5.83. The third-order valence-corrected chi connectivity index (χ3v) is 6.26. The van der Waals surface area contributed by atoms with Crippen molar-refractivity contribution in [3.8, 4) is 5.75 Å². The standard InChI is InChI=1S/C23H33ClN2O4/c24-18-8-9-20-19(16-18)22(28)25-12-4-5-13-26(14-6-7-15-30-20)21(27)17-23(29)10-2-1-3-11-23/h8-9,16,29H,1-7,10-15,17H2,(H,25,28). The van der Waals surface area contributed by atoms with E-state index in [2.05, 4.69) is 5.32 Å². The predicted octanol–water partition coefficient (Wildman–Crippen LogP) is 3.94. The number of nitrogens with zero attached hydrogens (tertiary/aromatic N) is 1. The van der Waals surface area contributed by atoms with Crippen LogP contribution in [0.5, 0.6) is 5.75 Å². The topological polar surface area (TPSA) is 78.9 Å². The molecule has 0 radical (unpaired) electrons. The zero-order chi connectivity index (χ0) is 21.4. The number of ether oxygens (including phenoxy) is 1. The molecule has 0 unspecified atom stereocenters. The van der Waals surface area contributed by atoms with E-state index in [1.54, 1.807) is 18.2 Å². The smallest absolute Gasteiger partial charge is 0.255 e. The zero-order valence-electron chi connectivity index (χ0n) is 17.6. The number of aliphatic hydroxyl groups is 1. The first-order valence-electron chi connectivity index (χ1n) is 11.2. The first-order valence-corrected chi connectivity index (χ1v) is 11.6. The summed E-state index contributed by atoms with van der Waals surface area (Å²) in [4.78, 5) is 27.3. The van der Waals surface area contributed by atoms with Crippen LogP contribution in [0, 0.1) is 0 Å². The van der Waals surface area contributed by atoms with E-state index in [0.29, 0.717) is 42.6 Å². The highest BCUT2D eigenvalue weighted by Crippen LogP contribution is 2.31. The lowest BCUT2D eigenvalue weighted by molar-refractivity contribution is -0.138. The Morgan fingerprint density at radius 2 is 1.83 bits per heavy atom. The zero-order valence-corrected chi connectivity index (χ0v) is 18.4. The maximum Gasteiger partial charge on any atom is 0.255 e. The fourth-order valence-corrected chi connectivity index (χ4v) is 4.43. The molecule has 2 N–H and O–H groups in total. The summed E-state index contributed by atoms with van der Waals surface area (Å²) in [7, 11) is 0. The van der Waals surface area contributed by atoms with Crippen molar-refractivity contribution in [2.45, 2.75) is 69.8 Å². The van der Waals surface area contributed by atoms with Gasteiger partial charge < -0.3 is 20.1 Å². The van der Waals surface area contributed by atoms with Crippen LogP contribution >= 0.6 is 11.6 Å². The van der Waals surface area contributed by atoms with E-state index in [0.717, 1.165) is 57.8 Å². The molecule has 1 aliphatic heterocycles. The normalized spacial score (nSPS) is 21.0. The number of nitrogens with one attached hydrogen (secondary N) is 1. The number of carbonyl (C=O) groups is 2. The Morgan fingerprint density at radius 1 is 1.10 bits per heavy atom. The van der Waals surface area contributed by atoms with Crippen molar-refractivity contribution < 1.29 is 19.4 Å². The van der Waals surface area contributed by atoms with Gasteiger partial charge in [-0.15, -0.1) is 0 Å². The minimum Gasteiger partial charge on any atom is -0.493 e. The number of rotatable bonds is 2. The lowest BCUT2D eigenvalue weighted by atomic mass is 9.82. The van der Waals surface area contributed by atoms with Gasteiger partial charge in [-0.2, -0.15) is 0 Å². The fourth-order valence-electron chi connectivity index (χ4n) is 4.26. The molecule has 0 atom stereocenters. The van der Waals surface area contributed by atoms with E-state index in [4.69, 9.17) is 16.3 Å². The molecular formula is C23H33ClN2O4. The van der Waals surface area contributed by atoms with Gasteiger partial charge in [-0.3, -0.25) is 9.59 Å². The highest BCUT2D eigenvalue weighted by molar-refractivity contribution is 6.31. The van der Waals surface area contributed by atoms with Gasteiger partial charge in [0.1, 0.15) is 5.75 Å². The minimum absolute atomic E-state index is 0.0384. The van der Waals surface area contributed by atoms with E-state index in [1.807, 2.05) is 4.90 Å². The molecule has 2 aliphatic rings. The van der Waals surface area contributed by atoms with Gasteiger partial charge in [0, 0.05) is 24.7 Å². The molecule has 0 aromatic heterocycles. The molecule has 1 aliphatic carbocycles. The highest BCUT2D eigenvalue weighted by atomic mass is 35.5. The molecule has 1 aromatic rings. The molecule has 2 amide bonds. The van der Waals surface area contributed by atoms with E-state index in [9.17, 15) is 14.7 Å². The summed E-state index contributed by atoms with van der Waals surface area (Å²) in [5.41, 5.74) is -0.381. The first-order chi connectivity index (χ1) is 14.5. The molecule has 1 heterocycles. The summed E-state index contributed by atoms with van der Waals surface area (Å²) in [5, 5.41) is 14.2. The number of hydrogen-bond donors (Lipinski definition) is 2. The molecular weight excluding hydrogens is 404 g/mol. The van der Waals surface area contributed by atoms with Crippen molar-refractivity contribution in [3.05, 3.63) is 28.8 Å². The monoisotopic (exact) mass is 436 g/mol. The van der Waals surface area contributed by atoms with Crippen LogP contribution < -0.4 is 10.1 Å². The van der Waals surface area contributed by atoms with E-state index in [-0.39, 0.29) is 18.2 Å². The maximum absolute atomic E-state index is 12.9. The van der Waals surface area contributed by atoms with Crippen molar-refractivity contribution >= 4 is 23.4 Å². The van der Waals surface area contributed by atoms with Crippen LogP contribution in [0.3, 0.4) is 0 Å². The average molecular weight is 437 g/mol. The SMILES string of the molecule is O=C1NCCCCN(C(=O)CC2(O)CCCCC2)CCCCOc2ccc(Cl)cc21. The molecule has 3 rings (SSSR count). The third-order valence-electron chi connectivity index (χ3n) is 6.02. The third kappa shape index (κ3) is 6.61. The summed E-state index contributed by atoms with van der Waals surface area (Å²) >= 11 is 6.05. The van der Waals surface area contributed by atoms with Crippen molar-refractivity contribution in [1.82, 2.24) is 10.2 Å². The molecule has 166 valence electrons. The number of fused-ring (bicyclic) bond motifs is 1. The Hall–Kier alpha value is -1.79. The van der Waals surface area contributed by atoms with Crippen molar-refractivity contribution in [3.63, 3.8) is 0 Å². The van der Waals surface area contributed by atoms with Crippen LogP contribution in [0.25, 0.3) is 0 Å². The molecule has 1 saturated carbocycles.